The molecule has 0 rings (SSSR count). The normalized spacial score (nSPS) is 9.80. The van der Waals surface area contributed by atoms with E-state index in [9.17, 15) is 0 Å². The van der Waals surface area contributed by atoms with E-state index in [-0.39, 0.29) is 0 Å². The lowest BCUT2D eigenvalue weighted by Gasteiger charge is -1.73. The molecule has 0 saturated carbocycles. The number of hydrogen-bond donors (Lipinski definition) is 1. The third-order valence-electron chi connectivity index (χ3n) is 0.115. The monoisotopic (exact) mass is 93.0 g/mol. The quantitative estimate of drug-likeness (QED) is 0.237. The Morgan fingerprint density at radius 1 is 2.00 bits per heavy atom. The van der Waals surface area contributed by atoms with Crippen molar-refractivity contribution in [3.8, 4) is 0 Å². The lowest BCUT2D eigenvalue weighted by molar-refractivity contribution is -0.336. The average molecular weight is 93.1 g/mol. The predicted octanol–water partition coefficient (Wildman–Crippen LogP) is -1.75. The first kappa shape index (κ1) is 4.58. The minimum Gasteiger partial charge on any atom is -0.382 e. The highest BCUT2D eigenvalue weighted by molar-refractivity contribution is 6.13. The molecule has 0 amide bonds. The van der Waals surface area contributed by atoms with Gasteiger partial charge in [-0.05, 0) is 4.59 Å². The average Bonchev–Trinajstić information content (AvgIpc) is 1.38. The van der Waals surface area contributed by atoms with Crippen LogP contribution in [0.1, 0.15) is 0 Å². The van der Waals surface area contributed by atoms with Crippen molar-refractivity contribution in [2.75, 3.05) is 0 Å². The van der Waals surface area contributed by atoms with Crippen LogP contribution < -0.4 is 0 Å². The molecule has 0 heterocycles. The van der Waals surface area contributed by atoms with Crippen LogP contribution in [-0.4, -0.2) is 19.3 Å². The second-order valence-electron chi connectivity index (χ2n) is 0.474. The third kappa shape index (κ3) is 3.58. The van der Waals surface area contributed by atoms with Gasteiger partial charge < -0.3 is 4.80 Å². The molecule has 0 aliphatic heterocycles. The molecular weight excluding hydrogens is 90.1 g/mol. The summed E-state index contributed by atoms with van der Waals surface area (Å²) in [6, 6.07) is 0. The summed E-state index contributed by atoms with van der Waals surface area (Å²) in [5.41, 5.74) is 0. The van der Waals surface area contributed by atoms with Crippen LogP contribution in [0.25, 0.3) is 0 Å². The molecule has 0 spiro atoms. The van der Waals surface area contributed by atoms with Crippen LogP contribution in [0.4, 0.5) is 0 Å². The Morgan fingerprint density at radius 3 is 2.20 bits per heavy atom. The van der Waals surface area contributed by atoms with E-state index >= 15 is 0 Å². The maximum Gasteiger partial charge on any atom is 0.542 e. The van der Waals surface area contributed by atoms with E-state index in [1.165, 1.54) is 0 Å². The largest absolute Gasteiger partial charge is 0.542 e. The van der Waals surface area contributed by atoms with Gasteiger partial charge in [0.05, 0.1) is 0 Å². The first-order valence-electron chi connectivity index (χ1n) is 0.998. The van der Waals surface area contributed by atoms with Crippen molar-refractivity contribution >= 4 is 9.92 Å². The highest BCUT2D eigenvalue weighted by atomic mass is 28.2. The van der Waals surface area contributed by atoms with Crippen molar-refractivity contribution in [1.82, 2.24) is 0 Å². The summed E-state index contributed by atoms with van der Waals surface area (Å²) < 4.78 is -0.681. The van der Waals surface area contributed by atoms with Crippen LogP contribution in [0.3, 0.4) is 0 Å². The van der Waals surface area contributed by atoms with E-state index in [0.717, 1.165) is 0 Å². The molecular formula is H3NO3Si. The standard InChI is InChI=1S/H3NO3Si/c2-1(3)5-4/h4H,5H2. The maximum absolute atomic E-state index is 8.99. The van der Waals surface area contributed by atoms with Crippen molar-refractivity contribution in [3.05, 3.63) is 10.1 Å². The van der Waals surface area contributed by atoms with Gasteiger partial charge in [0.25, 0.3) is 0 Å². The number of nitrogens with zero attached hydrogens (tertiary/aromatic N) is 1. The van der Waals surface area contributed by atoms with Gasteiger partial charge in [-0.2, -0.15) is 0 Å². The molecule has 0 aromatic heterocycles. The molecule has 5 heteroatoms. The fourth-order valence-corrected chi connectivity index (χ4v) is 0. The summed E-state index contributed by atoms with van der Waals surface area (Å²) in [6.07, 6.45) is 0. The van der Waals surface area contributed by atoms with Crippen molar-refractivity contribution in [1.29, 1.82) is 0 Å². The Bertz CT molecular complexity index is 42.2. The van der Waals surface area contributed by atoms with Gasteiger partial charge in [0.1, 0.15) is 0 Å². The van der Waals surface area contributed by atoms with E-state index in [2.05, 4.69) is 0 Å². The van der Waals surface area contributed by atoms with Crippen LogP contribution in [0.2, 0.25) is 0 Å². The topological polar surface area (TPSA) is 63.4 Å². The molecule has 4 nitrogen and oxygen atoms in total. The van der Waals surface area contributed by atoms with E-state index in [1.807, 2.05) is 0 Å². The van der Waals surface area contributed by atoms with Crippen LogP contribution in [0.5, 0.6) is 0 Å². The maximum atomic E-state index is 8.99. The minimum atomic E-state index is -1.93. The van der Waals surface area contributed by atoms with Crippen molar-refractivity contribution in [2.24, 2.45) is 0 Å². The molecule has 0 aliphatic rings. The Kier molecular flexibility index (Phi) is 1.70. The molecule has 0 unspecified atom stereocenters. The number of nitro groups is 1. The molecule has 0 aromatic rings. The van der Waals surface area contributed by atoms with E-state index in [1.54, 1.807) is 0 Å². The Balaban J connectivity index is 2.85. The van der Waals surface area contributed by atoms with Gasteiger partial charge in [-0.3, -0.25) is 10.1 Å². The molecule has 0 radical (unpaired) electrons. The molecule has 0 aliphatic carbocycles. The third-order valence-corrected chi connectivity index (χ3v) is 0.346. The molecule has 0 atom stereocenters. The van der Waals surface area contributed by atoms with E-state index in [4.69, 9.17) is 14.9 Å². The number of hydrogen-bond acceptors (Lipinski definition) is 3. The second-order valence-corrected chi connectivity index (χ2v) is 1.27. The van der Waals surface area contributed by atoms with Gasteiger partial charge >= 0.3 is 9.92 Å². The van der Waals surface area contributed by atoms with Crippen molar-refractivity contribution in [2.45, 2.75) is 0 Å². The number of rotatable bonds is 1. The zero-order chi connectivity index (χ0) is 4.28. The Hall–Kier alpha value is -0.423. The van der Waals surface area contributed by atoms with Crippen LogP contribution in [0.15, 0.2) is 0 Å². The van der Waals surface area contributed by atoms with Crippen LogP contribution in [0, 0.1) is 10.1 Å². The first-order valence-corrected chi connectivity index (χ1v) is 2.26. The fraction of sp³-hybridized carbons (Fsp3) is 0. The van der Waals surface area contributed by atoms with Crippen molar-refractivity contribution < 1.29 is 9.38 Å². The van der Waals surface area contributed by atoms with Gasteiger partial charge in [-0.1, -0.05) is 0 Å². The molecule has 30 valence electrons. The molecule has 0 bridgehead atoms. The zero-order valence-corrected chi connectivity index (χ0v) is 3.83. The summed E-state index contributed by atoms with van der Waals surface area (Å²) in [5, 5.41) is 8.99. The Morgan fingerprint density at radius 2 is 2.20 bits per heavy atom. The summed E-state index contributed by atoms with van der Waals surface area (Å²) in [6.45, 7) is 0. The van der Waals surface area contributed by atoms with Crippen molar-refractivity contribution in [3.63, 3.8) is 0 Å². The summed E-state index contributed by atoms with van der Waals surface area (Å²) >= 11 is 0. The van der Waals surface area contributed by atoms with Gasteiger partial charge in [-0.15, -0.1) is 0 Å². The summed E-state index contributed by atoms with van der Waals surface area (Å²) in [5.74, 6) is 0. The van der Waals surface area contributed by atoms with Gasteiger partial charge in [-0.25, -0.2) is 0 Å². The summed E-state index contributed by atoms with van der Waals surface area (Å²) in [7, 11) is -1.93. The lowest BCUT2D eigenvalue weighted by Crippen LogP contribution is -2.02. The van der Waals surface area contributed by atoms with E-state index in [0.29, 0.717) is 0 Å². The molecule has 1 N–H and O–H groups in total. The zero-order valence-electron chi connectivity index (χ0n) is 2.42. The molecule has 5 heavy (non-hydrogen) atoms. The predicted molar refractivity (Wildman–Crippen MR) is 17.8 cm³/mol. The highest BCUT2D eigenvalue weighted by Crippen LogP contribution is 1.48. The van der Waals surface area contributed by atoms with Gasteiger partial charge in [0.15, 0.2) is 0 Å². The highest BCUT2D eigenvalue weighted by Gasteiger charge is 1.84. The first-order chi connectivity index (χ1) is 2.27. The molecule has 0 fully saturated rings. The van der Waals surface area contributed by atoms with Gasteiger partial charge in [0, 0.05) is 0 Å². The molecule has 0 saturated heterocycles. The summed E-state index contributed by atoms with van der Waals surface area (Å²) in [4.78, 5) is 16.6. The van der Waals surface area contributed by atoms with E-state index < -0.39 is 14.5 Å². The second kappa shape index (κ2) is 1.86. The Labute approximate surface area is 30.6 Å². The van der Waals surface area contributed by atoms with Gasteiger partial charge in [0.2, 0.25) is 0 Å². The van der Waals surface area contributed by atoms with Crippen LogP contribution >= 0.6 is 0 Å². The molecule has 0 aromatic carbocycles. The lowest BCUT2D eigenvalue weighted by atomic mass is 13.4. The van der Waals surface area contributed by atoms with Crippen LogP contribution in [-0.2, 0) is 0 Å². The fourth-order valence-electron chi connectivity index (χ4n) is 0. The SMILES string of the molecule is O=[N+]([O-])[SiH2]O. The minimum absolute atomic E-state index is 0.681. The smallest absolute Gasteiger partial charge is 0.382 e.